The SMILES string of the molecule is CCOCCCNC(=O)C(C)C(N)=S. The number of ether oxygens (including phenoxy) is 1. The van der Waals surface area contributed by atoms with Crippen LogP contribution in [0.4, 0.5) is 0 Å². The van der Waals surface area contributed by atoms with E-state index in [2.05, 4.69) is 5.32 Å². The Morgan fingerprint density at radius 2 is 2.29 bits per heavy atom. The second kappa shape index (κ2) is 7.70. The van der Waals surface area contributed by atoms with Crippen molar-refractivity contribution in [3.63, 3.8) is 0 Å². The number of carbonyl (C=O) groups is 1. The van der Waals surface area contributed by atoms with E-state index < -0.39 is 5.92 Å². The van der Waals surface area contributed by atoms with Crippen LogP contribution in [-0.4, -0.2) is 30.7 Å². The molecule has 0 aliphatic rings. The van der Waals surface area contributed by atoms with Crippen molar-refractivity contribution < 1.29 is 9.53 Å². The fourth-order valence-corrected chi connectivity index (χ4v) is 0.919. The molecule has 14 heavy (non-hydrogen) atoms. The molecule has 82 valence electrons. The number of thiocarbonyl (C=S) groups is 1. The average molecular weight is 218 g/mol. The number of hydrogen-bond donors (Lipinski definition) is 2. The third-order valence-corrected chi connectivity index (χ3v) is 2.14. The van der Waals surface area contributed by atoms with E-state index in [1.807, 2.05) is 6.92 Å². The standard InChI is InChI=1S/C9H18N2O2S/c1-3-13-6-4-5-11-9(12)7(2)8(10)14/h7H,3-6H2,1-2H3,(H2,10,14)(H,11,12). The van der Waals surface area contributed by atoms with E-state index in [1.165, 1.54) is 0 Å². The van der Waals surface area contributed by atoms with Gasteiger partial charge in [0.2, 0.25) is 5.91 Å². The number of nitrogens with one attached hydrogen (secondary N) is 1. The van der Waals surface area contributed by atoms with E-state index in [9.17, 15) is 4.79 Å². The van der Waals surface area contributed by atoms with Crippen molar-refractivity contribution in [2.45, 2.75) is 20.3 Å². The summed E-state index contributed by atoms with van der Waals surface area (Å²) < 4.78 is 5.12. The number of nitrogens with two attached hydrogens (primary N) is 1. The molecule has 0 saturated heterocycles. The molecule has 1 amide bonds. The fourth-order valence-electron chi connectivity index (χ4n) is 0.812. The zero-order valence-electron chi connectivity index (χ0n) is 8.71. The first-order valence-electron chi connectivity index (χ1n) is 4.74. The van der Waals surface area contributed by atoms with E-state index in [-0.39, 0.29) is 10.9 Å². The van der Waals surface area contributed by atoms with Crippen molar-refractivity contribution in [1.82, 2.24) is 5.32 Å². The summed E-state index contributed by atoms with van der Waals surface area (Å²) in [6, 6.07) is 0. The highest BCUT2D eigenvalue weighted by molar-refractivity contribution is 7.80. The third-order valence-electron chi connectivity index (χ3n) is 1.79. The van der Waals surface area contributed by atoms with Crippen LogP contribution < -0.4 is 11.1 Å². The summed E-state index contributed by atoms with van der Waals surface area (Å²) in [7, 11) is 0. The molecular formula is C9H18N2O2S. The summed E-state index contributed by atoms with van der Waals surface area (Å²) >= 11 is 4.71. The topological polar surface area (TPSA) is 64.3 Å². The van der Waals surface area contributed by atoms with Crippen LogP contribution in [0.3, 0.4) is 0 Å². The minimum atomic E-state index is -0.392. The Labute approximate surface area is 90.2 Å². The van der Waals surface area contributed by atoms with Gasteiger partial charge in [0.25, 0.3) is 0 Å². The van der Waals surface area contributed by atoms with Gasteiger partial charge in [0.1, 0.15) is 0 Å². The maximum absolute atomic E-state index is 11.3. The predicted molar refractivity (Wildman–Crippen MR) is 60.1 cm³/mol. The average Bonchev–Trinajstić information content (AvgIpc) is 2.16. The van der Waals surface area contributed by atoms with Crippen molar-refractivity contribution in [2.24, 2.45) is 11.7 Å². The Morgan fingerprint density at radius 3 is 2.79 bits per heavy atom. The van der Waals surface area contributed by atoms with Gasteiger partial charge in [-0.05, 0) is 20.3 Å². The first-order valence-corrected chi connectivity index (χ1v) is 5.15. The molecule has 0 radical (unpaired) electrons. The van der Waals surface area contributed by atoms with Crippen molar-refractivity contribution in [3.05, 3.63) is 0 Å². The van der Waals surface area contributed by atoms with Crippen LogP contribution in [-0.2, 0) is 9.53 Å². The number of carbonyl (C=O) groups excluding carboxylic acids is 1. The maximum atomic E-state index is 11.3. The number of rotatable bonds is 7. The summed E-state index contributed by atoms with van der Waals surface area (Å²) in [5.74, 6) is -0.508. The van der Waals surface area contributed by atoms with Crippen LogP contribution in [0.15, 0.2) is 0 Å². The quantitative estimate of drug-likeness (QED) is 0.481. The Hall–Kier alpha value is -0.680. The normalized spacial score (nSPS) is 12.1. The lowest BCUT2D eigenvalue weighted by atomic mass is 10.1. The summed E-state index contributed by atoms with van der Waals surface area (Å²) in [5, 5.41) is 2.74. The second-order valence-electron chi connectivity index (χ2n) is 2.97. The van der Waals surface area contributed by atoms with Gasteiger partial charge in [-0.3, -0.25) is 4.79 Å². The van der Waals surface area contributed by atoms with Crippen LogP contribution in [0.5, 0.6) is 0 Å². The van der Waals surface area contributed by atoms with Crippen LogP contribution in [0.25, 0.3) is 0 Å². The van der Waals surface area contributed by atoms with Gasteiger partial charge in [-0.25, -0.2) is 0 Å². The van der Waals surface area contributed by atoms with Crippen molar-refractivity contribution in [2.75, 3.05) is 19.8 Å². The molecular weight excluding hydrogens is 200 g/mol. The van der Waals surface area contributed by atoms with Crippen molar-refractivity contribution in [1.29, 1.82) is 0 Å². The Balaban J connectivity index is 3.49. The first kappa shape index (κ1) is 13.3. The lowest BCUT2D eigenvalue weighted by molar-refractivity contribution is -0.122. The van der Waals surface area contributed by atoms with Gasteiger partial charge in [-0.15, -0.1) is 0 Å². The molecule has 5 heteroatoms. The maximum Gasteiger partial charge on any atom is 0.229 e. The molecule has 0 saturated carbocycles. The first-order chi connectivity index (χ1) is 6.59. The Kier molecular flexibility index (Phi) is 7.32. The zero-order valence-corrected chi connectivity index (χ0v) is 9.52. The zero-order chi connectivity index (χ0) is 11.0. The monoisotopic (exact) mass is 218 g/mol. The highest BCUT2D eigenvalue weighted by Crippen LogP contribution is 1.94. The van der Waals surface area contributed by atoms with E-state index in [1.54, 1.807) is 6.92 Å². The third kappa shape index (κ3) is 5.88. The molecule has 0 fully saturated rings. The van der Waals surface area contributed by atoms with Crippen LogP contribution >= 0.6 is 12.2 Å². The molecule has 0 rings (SSSR count). The molecule has 0 aromatic heterocycles. The molecule has 0 aliphatic carbocycles. The van der Waals surface area contributed by atoms with Crippen LogP contribution in [0, 0.1) is 5.92 Å². The molecule has 0 aliphatic heterocycles. The molecule has 0 bridgehead atoms. The van der Waals surface area contributed by atoms with Gasteiger partial charge >= 0.3 is 0 Å². The lowest BCUT2D eigenvalue weighted by Crippen LogP contribution is -2.36. The van der Waals surface area contributed by atoms with E-state index in [4.69, 9.17) is 22.7 Å². The minimum Gasteiger partial charge on any atom is -0.393 e. The van der Waals surface area contributed by atoms with Gasteiger partial charge < -0.3 is 15.8 Å². The minimum absolute atomic E-state index is 0.117. The largest absolute Gasteiger partial charge is 0.393 e. The summed E-state index contributed by atoms with van der Waals surface area (Å²) in [4.78, 5) is 11.5. The fraction of sp³-hybridized carbons (Fsp3) is 0.778. The number of amides is 1. The van der Waals surface area contributed by atoms with E-state index >= 15 is 0 Å². The lowest BCUT2D eigenvalue weighted by Gasteiger charge is -2.10. The smallest absolute Gasteiger partial charge is 0.229 e. The Bertz CT molecular complexity index is 197. The molecule has 1 unspecified atom stereocenters. The Morgan fingerprint density at radius 1 is 1.64 bits per heavy atom. The summed E-state index contributed by atoms with van der Waals surface area (Å²) in [5.41, 5.74) is 5.33. The molecule has 0 aromatic rings. The van der Waals surface area contributed by atoms with Crippen LogP contribution in [0.2, 0.25) is 0 Å². The van der Waals surface area contributed by atoms with Crippen molar-refractivity contribution >= 4 is 23.1 Å². The summed E-state index contributed by atoms with van der Waals surface area (Å²) in [6.45, 7) is 5.61. The van der Waals surface area contributed by atoms with Gasteiger partial charge in [0, 0.05) is 19.8 Å². The molecule has 3 N–H and O–H groups in total. The van der Waals surface area contributed by atoms with Crippen LogP contribution in [0.1, 0.15) is 20.3 Å². The van der Waals surface area contributed by atoms with Gasteiger partial charge in [0.05, 0.1) is 10.9 Å². The van der Waals surface area contributed by atoms with E-state index in [0.29, 0.717) is 19.8 Å². The molecule has 0 aromatic carbocycles. The molecule has 0 heterocycles. The molecule has 0 spiro atoms. The second-order valence-corrected chi connectivity index (χ2v) is 3.44. The highest BCUT2D eigenvalue weighted by atomic mass is 32.1. The predicted octanol–water partition coefficient (Wildman–Crippen LogP) is 0.451. The molecule has 4 nitrogen and oxygen atoms in total. The summed E-state index contributed by atoms with van der Waals surface area (Å²) in [6.07, 6.45) is 0.809. The van der Waals surface area contributed by atoms with E-state index in [0.717, 1.165) is 6.42 Å². The van der Waals surface area contributed by atoms with Gasteiger partial charge in [-0.1, -0.05) is 12.2 Å². The number of hydrogen-bond acceptors (Lipinski definition) is 3. The van der Waals surface area contributed by atoms with Gasteiger partial charge in [0.15, 0.2) is 0 Å². The molecule has 1 atom stereocenters. The highest BCUT2D eigenvalue weighted by Gasteiger charge is 2.14. The van der Waals surface area contributed by atoms with Gasteiger partial charge in [-0.2, -0.15) is 0 Å². The van der Waals surface area contributed by atoms with Crippen molar-refractivity contribution in [3.8, 4) is 0 Å².